The molecule has 0 aliphatic carbocycles. The number of carbonyl (C=O) groups is 3. The zero-order chi connectivity index (χ0) is 52.2. The van der Waals surface area contributed by atoms with Gasteiger partial charge in [-0.05, 0) is 70.6 Å². The molecule has 0 fully saturated rings. The quantitative estimate of drug-likeness (QED) is 0.0162. The van der Waals surface area contributed by atoms with Crippen molar-refractivity contribution in [2.45, 2.75) is 154 Å². The number of carboxylic acids is 3. The van der Waals surface area contributed by atoms with E-state index >= 15 is 0 Å². The molecule has 0 rings (SSSR count). The van der Waals surface area contributed by atoms with Gasteiger partial charge >= 0.3 is 37.7 Å². The number of allylic oxidation sites excluding steroid dienone is 16. The van der Waals surface area contributed by atoms with E-state index in [1.54, 1.807) is 79.0 Å². The van der Waals surface area contributed by atoms with E-state index in [4.69, 9.17) is 5.73 Å². The maximum Gasteiger partial charge on any atom is 2.00 e. The number of rotatable bonds is 33. The molecule has 0 heterocycles. The number of nitrogens with one attached hydrogen (secondary N) is 1. The molecule has 0 radical (unpaired) electrons. The Kier molecular flexibility index (Phi) is 61.1. The number of aliphatic carboxylic acids is 3. The summed E-state index contributed by atoms with van der Waals surface area (Å²) < 4.78 is 0. The molecule has 0 saturated carbocycles. The Labute approximate surface area is 443 Å². The minimum Gasteiger partial charge on any atom is -0.670 e. The van der Waals surface area contributed by atoms with Crippen molar-refractivity contribution >= 4 is 55.6 Å². The van der Waals surface area contributed by atoms with Gasteiger partial charge in [0.25, 0.3) is 0 Å². The number of hydrogen-bond donors (Lipinski definition) is 7. The first-order valence-corrected chi connectivity index (χ1v) is 23.4. The molecule has 0 aromatic rings. The number of carboxylic acid groups (broad SMARTS) is 3. The van der Waals surface area contributed by atoms with Gasteiger partial charge < -0.3 is 78.7 Å². The number of quaternary nitrogens is 1. The predicted molar refractivity (Wildman–Crippen MR) is 274 cm³/mol. The van der Waals surface area contributed by atoms with Gasteiger partial charge in [0.05, 0.1) is 43.2 Å². The molecule has 14 nitrogen and oxygen atoms in total. The van der Waals surface area contributed by atoms with Crippen LogP contribution in [0, 0.1) is 12.8 Å². The van der Waals surface area contributed by atoms with Gasteiger partial charge in [0.15, 0.2) is 0 Å². The van der Waals surface area contributed by atoms with E-state index in [9.17, 15) is 60.3 Å². The van der Waals surface area contributed by atoms with Crippen LogP contribution in [-0.4, -0.2) is 135 Å². The molecule has 0 bridgehead atoms. The molecule has 69 heavy (non-hydrogen) atoms. The summed E-state index contributed by atoms with van der Waals surface area (Å²) in [5.41, 5.74) is 10.0. The van der Waals surface area contributed by atoms with Crippen LogP contribution in [0.5, 0.6) is 0 Å². The van der Waals surface area contributed by atoms with E-state index in [0.29, 0.717) is 38.5 Å². The average Bonchev–Trinajstić information content (AvgIpc) is 3.29. The standard InChI is InChI=1S/C22H32O5.C22H34O3.C7H14NO2.C3H6NO2.Ca/c1-2-3-9-16-20(24)21(25)17-12-7-5-4-6-10-14-19(23)15-11-8-13-18-22(26)27;1-3-5-7-13-16-20(23)17-14-10-8-9-11-15-19-22(25)21(24)18-12-6-4-2;1-6(7(9)10)4-2-3-5-8;1-2(4)3(5)6;/h3-12,14,17,19-21,23-25H,2,13,15-16,18H2,1H3,(H,26,27);6-15,17,19-25H,3-5,16,18H2,1-2H3;6H,1-5,8H2,(H,9,10);2,4H,1H3,(H,5,6);/q;;2*-1;+2/p-2/b6-4-,7-5+,9-3-,11-8-,14-10+,17-12+;10-8-,11-9+,12-6-,13-7-,17-14+,19-15+;;;/t19-,20+,21-;20-,21-,22+;6-;2-;/m1000./s1. The van der Waals surface area contributed by atoms with E-state index in [0.717, 1.165) is 45.1 Å². The fourth-order valence-corrected chi connectivity index (χ4v) is 4.51. The summed E-state index contributed by atoms with van der Waals surface area (Å²) in [4.78, 5) is 29.7. The Hall–Kier alpha value is -3.77. The Morgan fingerprint density at radius 2 is 0.913 bits per heavy atom. The van der Waals surface area contributed by atoms with Crippen molar-refractivity contribution < 1.29 is 66.1 Å². The largest absolute Gasteiger partial charge is 2.00 e. The number of carbonyl (C=O) groups excluding carboxylic acids is 3. The number of aliphatic hydroxyl groups excluding tert-OH is 6. The molecule has 8 atom stereocenters. The Morgan fingerprint density at radius 3 is 1.25 bits per heavy atom. The van der Waals surface area contributed by atoms with Gasteiger partial charge in [-0.1, -0.05) is 186 Å². The molecule has 386 valence electrons. The first-order valence-electron chi connectivity index (χ1n) is 23.4. The summed E-state index contributed by atoms with van der Waals surface area (Å²) in [6.45, 7) is 11.7. The van der Waals surface area contributed by atoms with E-state index < -0.39 is 66.5 Å². The molecule has 0 aromatic carbocycles. The fraction of sp³-hybridized carbons (Fsp3) is 0.481. The second kappa shape index (κ2) is 56.8. The summed E-state index contributed by atoms with van der Waals surface area (Å²) in [7, 11) is 0. The van der Waals surface area contributed by atoms with Crippen molar-refractivity contribution in [3.8, 4) is 0 Å². The predicted octanol–water partition coefficient (Wildman–Crippen LogP) is 3.92. The van der Waals surface area contributed by atoms with Crippen molar-refractivity contribution in [2.24, 2.45) is 5.92 Å². The van der Waals surface area contributed by atoms with Crippen molar-refractivity contribution in [1.29, 1.82) is 0 Å². The fourth-order valence-electron chi connectivity index (χ4n) is 4.51. The van der Waals surface area contributed by atoms with Crippen molar-refractivity contribution in [3.63, 3.8) is 0 Å². The number of hydrogen-bond acceptors (Lipinski definition) is 12. The van der Waals surface area contributed by atoms with E-state index in [1.807, 2.05) is 68.5 Å². The van der Waals surface area contributed by atoms with Crippen molar-refractivity contribution in [1.82, 2.24) is 0 Å². The first-order chi connectivity index (χ1) is 32.4. The van der Waals surface area contributed by atoms with Crippen molar-refractivity contribution in [3.05, 3.63) is 158 Å². The van der Waals surface area contributed by atoms with E-state index in [2.05, 4.69) is 25.7 Å². The zero-order valence-electron chi connectivity index (χ0n) is 41.6. The van der Waals surface area contributed by atoms with Gasteiger partial charge in [-0.3, -0.25) is 0 Å². The smallest absolute Gasteiger partial charge is 0.670 e. The third-order valence-corrected chi connectivity index (χ3v) is 8.54. The molecule has 0 saturated heterocycles. The third-order valence-electron chi connectivity index (χ3n) is 8.54. The Balaban J connectivity index is -0.000000298. The van der Waals surface area contributed by atoms with Gasteiger partial charge in [-0.25, -0.2) is 0 Å². The van der Waals surface area contributed by atoms with Crippen LogP contribution in [-0.2, 0) is 14.4 Å². The molecule has 15 heteroatoms. The first kappa shape index (κ1) is 74.2. The van der Waals surface area contributed by atoms with Gasteiger partial charge in [0.1, 0.15) is 0 Å². The Bertz CT molecular complexity index is 1590. The SMILES string of the molecule is CC/C=C\C[C@H](O)[C@H](O)/C=C/C=C/C=C\C=C\[C@@H](O)C/C=C\CCC.CC/C=C\C[C@H](O)[C@H](O)/C=C/C=C/C=C\C=C\[C@@H](O)C/C=C\CCC(=O)[O-].C[C@H]([NH-])C(=O)[O-].[CH2-][C@@H](CCCC[NH3+])C(=O)[O-].[Ca+2]. The van der Waals surface area contributed by atoms with E-state index in [-0.39, 0.29) is 44.2 Å². The second-order valence-corrected chi connectivity index (χ2v) is 15.1. The summed E-state index contributed by atoms with van der Waals surface area (Å²) in [5.74, 6) is -4.01. The molecule has 0 aliphatic rings. The minimum atomic E-state index is -1.32. The topological polar surface area (TPSA) is 293 Å². The van der Waals surface area contributed by atoms with Gasteiger partial charge in [0, 0.05) is 17.9 Å². The van der Waals surface area contributed by atoms with Gasteiger partial charge in [0.2, 0.25) is 0 Å². The van der Waals surface area contributed by atoms with Crippen LogP contribution in [0.25, 0.3) is 5.73 Å². The van der Waals surface area contributed by atoms with Crippen LogP contribution < -0.4 is 21.1 Å². The molecule has 0 aliphatic heterocycles. The molecule has 0 spiro atoms. The van der Waals surface area contributed by atoms with Crippen LogP contribution in [0.2, 0.25) is 0 Å². The molecule has 0 amide bonds. The van der Waals surface area contributed by atoms with Crippen LogP contribution in [0.15, 0.2) is 146 Å². The van der Waals surface area contributed by atoms with Crippen molar-refractivity contribution in [2.75, 3.05) is 6.54 Å². The van der Waals surface area contributed by atoms with Crippen LogP contribution in [0.3, 0.4) is 0 Å². The normalized spacial score (nSPS) is 15.8. The molecular weight excluding hydrogens is 909 g/mol. The van der Waals surface area contributed by atoms with Gasteiger partial charge in [-0.2, -0.15) is 0 Å². The maximum absolute atomic E-state index is 10.2. The van der Waals surface area contributed by atoms with Crippen LogP contribution in [0.4, 0.5) is 0 Å². The maximum atomic E-state index is 10.2. The summed E-state index contributed by atoms with van der Waals surface area (Å²) in [6.07, 6.45) is 47.2. The molecule has 0 aromatic heterocycles. The average molecular weight is 993 g/mol. The molecule has 10 N–H and O–H groups in total. The second-order valence-electron chi connectivity index (χ2n) is 15.1. The monoisotopic (exact) mass is 993 g/mol. The summed E-state index contributed by atoms with van der Waals surface area (Å²) in [5, 5.41) is 88.1. The van der Waals surface area contributed by atoms with E-state index in [1.165, 1.54) is 13.0 Å². The Morgan fingerprint density at radius 1 is 0.551 bits per heavy atom. The zero-order valence-corrected chi connectivity index (χ0v) is 43.8. The third kappa shape index (κ3) is 62.2. The number of aliphatic hydroxyl groups is 6. The summed E-state index contributed by atoms with van der Waals surface area (Å²) >= 11 is 0. The van der Waals surface area contributed by atoms with Gasteiger partial charge in [-0.15, -0.1) is 12.0 Å². The molecule has 0 unspecified atom stereocenters. The number of unbranched alkanes of at least 4 members (excludes halogenated alkanes) is 2. The molecular formula is C54H84CaN2O12-2. The van der Waals surface area contributed by atoms with Crippen LogP contribution in [0.1, 0.15) is 111 Å². The summed E-state index contributed by atoms with van der Waals surface area (Å²) in [6, 6.07) is -1.09. The van der Waals surface area contributed by atoms with Crippen LogP contribution >= 0.6 is 0 Å². The minimum absolute atomic E-state index is 0.